The van der Waals surface area contributed by atoms with Gasteiger partial charge in [-0.25, -0.2) is 0 Å². The van der Waals surface area contributed by atoms with Gasteiger partial charge >= 0.3 is 0 Å². The molecule has 0 spiro atoms. The number of aromatic amines is 1. The zero-order chi connectivity index (χ0) is 6.97. The molecule has 0 aliphatic carbocycles. The van der Waals surface area contributed by atoms with Gasteiger partial charge in [0.1, 0.15) is 5.75 Å². The van der Waals surface area contributed by atoms with Crippen molar-refractivity contribution in [3.8, 4) is 5.75 Å². The molecule has 3 nitrogen and oxygen atoms in total. The third-order valence-electron chi connectivity index (χ3n) is 1.57. The summed E-state index contributed by atoms with van der Waals surface area (Å²) in [5.74, 6) is 0.315. The van der Waals surface area contributed by atoms with Crippen LogP contribution in [0.2, 0.25) is 0 Å². The first-order valence-corrected chi connectivity index (χ1v) is 3.13. The summed E-state index contributed by atoms with van der Waals surface area (Å²) in [5.41, 5.74) is 0.972. The molecule has 1 aromatic heterocycles. The number of hydrogen-bond donors (Lipinski definition) is 2. The van der Waals surface area contributed by atoms with E-state index in [9.17, 15) is 5.11 Å². The van der Waals surface area contributed by atoms with Crippen LogP contribution >= 0.6 is 0 Å². The Morgan fingerprint density at radius 1 is 1.17 bits per heavy atom. The van der Waals surface area contributed by atoms with Crippen LogP contribution in [0.1, 0.15) is 0 Å². The quantitative estimate of drug-likeness (QED) is 0.709. The predicted molar refractivity (Wildman–Crippen MR) is 43.6 cm³/mol. The molecule has 0 saturated carbocycles. The maximum absolute atomic E-state index is 9.18. The zero-order valence-corrected chi connectivity index (χ0v) is 9.25. The molecule has 12 heavy (non-hydrogen) atoms. The van der Waals surface area contributed by atoms with Gasteiger partial charge in [0.15, 0.2) is 0 Å². The number of para-hydroxylation sites is 1. The van der Waals surface area contributed by atoms with E-state index < -0.39 is 0 Å². The number of aromatic nitrogens is 1. The van der Waals surface area contributed by atoms with E-state index in [1.165, 1.54) is 0 Å². The Balaban J connectivity index is 0.000000605. The first-order valence-electron chi connectivity index (χ1n) is 3.13. The molecule has 0 atom stereocenters. The fraction of sp³-hybridized carbons (Fsp3) is 0. The number of fused-ring (bicyclic) bond motifs is 1. The summed E-state index contributed by atoms with van der Waals surface area (Å²) in [6, 6.07) is 7.63. The molecule has 61 valence electrons. The van der Waals surface area contributed by atoms with Crippen molar-refractivity contribution in [3.63, 3.8) is 0 Å². The summed E-state index contributed by atoms with van der Waals surface area (Å²) in [7, 11) is 0. The summed E-state index contributed by atoms with van der Waals surface area (Å²) < 4.78 is 0. The van der Waals surface area contributed by atoms with E-state index in [0.29, 0.717) is 5.75 Å². The van der Waals surface area contributed by atoms with E-state index >= 15 is 0 Å². The average Bonchev–Trinajstić information content (AvgIpc) is 2.34. The molecule has 1 aromatic carbocycles. The Labute approximate surface area is 95.0 Å². The summed E-state index contributed by atoms with van der Waals surface area (Å²) in [4.78, 5) is 2.94. The molecule has 1 radical (unpaired) electrons. The van der Waals surface area contributed by atoms with E-state index in [2.05, 4.69) is 4.98 Å². The SMILES string of the molecule is O.Oc1c[nH]c2ccccc12.[Y]. The average molecular weight is 240 g/mol. The van der Waals surface area contributed by atoms with Gasteiger partial charge in [-0.3, -0.25) is 0 Å². The predicted octanol–water partition coefficient (Wildman–Crippen LogP) is 1.05. The summed E-state index contributed by atoms with van der Waals surface area (Å²) in [5, 5.41) is 10.1. The van der Waals surface area contributed by atoms with E-state index in [-0.39, 0.29) is 38.2 Å². The minimum absolute atomic E-state index is 0. The monoisotopic (exact) mass is 240 g/mol. The van der Waals surface area contributed by atoms with Crippen LogP contribution in [-0.2, 0) is 32.7 Å². The van der Waals surface area contributed by atoms with E-state index in [0.717, 1.165) is 10.9 Å². The van der Waals surface area contributed by atoms with Crippen LogP contribution in [-0.4, -0.2) is 15.6 Å². The van der Waals surface area contributed by atoms with Crippen molar-refractivity contribution in [2.75, 3.05) is 0 Å². The maximum Gasteiger partial charge on any atom is 0.140 e. The number of aromatic hydroxyl groups is 1. The topological polar surface area (TPSA) is 67.5 Å². The molecule has 0 amide bonds. The Morgan fingerprint density at radius 3 is 2.50 bits per heavy atom. The normalized spacial score (nSPS) is 8.67. The molecule has 4 heteroatoms. The maximum atomic E-state index is 9.18. The fourth-order valence-electron chi connectivity index (χ4n) is 1.06. The Morgan fingerprint density at radius 2 is 1.83 bits per heavy atom. The number of hydrogen-bond acceptors (Lipinski definition) is 1. The first-order chi connectivity index (χ1) is 4.88. The second-order valence-electron chi connectivity index (χ2n) is 2.22. The smallest absolute Gasteiger partial charge is 0.140 e. The third kappa shape index (κ3) is 1.86. The molecular formula is C8H9NO2Y. The molecule has 1 heterocycles. The van der Waals surface area contributed by atoms with Gasteiger partial charge in [0.2, 0.25) is 0 Å². The van der Waals surface area contributed by atoms with E-state index in [4.69, 9.17) is 0 Å². The molecule has 2 aromatic rings. The molecule has 4 N–H and O–H groups in total. The van der Waals surface area contributed by atoms with Crippen molar-refractivity contribution in [1.82, 2.24) is 4.98 Å². The Kier molecular flexibility index (Phi) is 4.46. The van der Waals surface area contributed by atoms with Gasteiger partial charge in [-0.2, -0.15) is 0 Å². The van der Waals surface area contributed by atoms with Gasteiger partial charge in [0, 0.05) is 49.8 Å². The van der Waals surface area contributed by atoms with Crippen molar-refractivity contribution >= 4 is 10.9 Å². The van der Waals surface area contributed by atoms with Gasteiger partial charge in [0.25, 0.3) is 0 Å². The second-order valence-corrected chi connectivity index (χ2v) is 2.22. The third-order valence-corrected chi connectivity index (χ3v) is 1.57. The van der Waals surface area contributed by atoms with Crippen LogP contribution in [0.3, 0.4) is 0 Å². The van der Waals surface area contributed by atoms with Crippen LogP contribution < -0.4 is 0 Å². The molecule has 0 saturated heterocycles. The molecule has 0 aliphatic heterocycles. The number of rotatable bonds is 0. The van der Waals surface area contributed by atoms with Crippen molar-refractivity contribution in [1.29, 1.82) is 0 Å². The second kappa shape index (κ2) is 4.60. The minimum Gasteiger partial charge on any atom is -0.506 e. The van der Waals surface area contributed by atoms with E-state index in [1.807, 2.05) is 24.3 Å². The summed E-state index contributed by atoms with van der Waals surface area (Å²) in [6.07, 6.45) is 1.59. The molecule has 2 rings (SSSR count). The largest absolute Gasteiger partial charge is 0.506 e. The van der Waals surface area contributed by atoms with Crippen LogP contribution in [0.5, 0.6) is 5.75 Å². The van der Waals surface area contributed by atoms with Crippen LogP contribution in [0.4, 0.5) is 0 Å². The Hall–Kier alpha value is -0.376. The van der Waals surface area contributed by atoms with Crippen molar-refractivity contribution in [3.05, 3.63) is 30.5 Å². The summed E-state index contributed by atoms with van der Waals surface area (Å²) >= 11 is 0. The molecule has 0 aliphatic rings. The van der Waals surface area contributed by atoms with Gasteiger partial charge < -0.3 is 15.6 Å². The molecule has 0 fully saturated rings. The number of nitrogens with one attached hydrogen (secondary N) is 1. The summed E-state index contributed by atoms with van der Waals surface area (Å²) in [6.45, 7) is 0. The first kappa shape index (κ1) is 11.6. The number of H-pyrrole nitrogens is 1. The van der Waals surface area contributed by atoms with Gasteiger partial charge in [-0.15, -0.1) is 0 Å². The Bertz CT molecular complexity index is 359. The van der Waals surface area contributed by atoms with Gasteiger partial charge in [-0.05, 0) is 12.1 Å². The zero-order valence-electron chi connectivity index (χ0n) is 6.41. The molecule has 0 unspecified atom stereocenters. The molecule has 0 bridgehead atoms. The van der Waals surface area contributed by atoms with Gasteiger partial charge in [-0.1, -0.05) is 12.1 Å². The van der Waals surface area contributed by atoms with Gasteiger partial charge in [0.05, 0.1) is 0 Å². The fourth-order valence-corrected chi connectivity index (χ4v) is 1.06. The van der Waals surface area contributed by atoms with Crippen molar-refractivity contribution in [2.24, 2.45) is 0 Å². The van der Waals surface area contributed by atoms with Crippen LogP contribution in [0.15, 0.2) is 30.5 Å². The van der Waals surface area contributed by atoms with Crippen LogP contribution in [0, 0.1) is 0 Å². The van der Waals surface area contributed by atoms with E-state index in [1.54, 1.807) is 6.20 Å². The minimum atomic E-state index is 0. The standard InChI is InChI=1S/C8H7NO.H2O.Y/c10-8-5-9-7-4-2-1-3-6(7)8;;/h1-5,9-10H;1H2;. The number of benzene rings is 1. The molecular weight excluding hydrogens is 231 g/mol. The van der Waals surface area contributed by atoms with Crippen molar-refractivity contribution in [2.45, 2.75) is 0 Å². The van der Waals surface area contributed by atoms with Crippen molar-refractivity contribution < 1.29 is 43.3 Å². The van der Waals surface area contributed by atoms with Crippen LogP contribution in [0.25, 0.3) is 10.9 Å².